The molecule has 0 saturated carbocycles. The Labute approximate surface area is 171 Å². The van der Waals surface area contributed by atoms with Crippen LogP contribution in [0, 0.1) is 0 Å². The van der Waals surface area contributed by atoms with Crippen molar-refractivity contribution >= 4 is 15.9 Å². The van der Waals surface area contributed by atoms with E-state index in [2.05, 4.69) is 14.9 Å². The molecule has 2 heterocycles. The predicted molar refractivity (Wildman–Crippen MR) is 108 cm³/mol. The monoisotopic (exact) mass is 420 g/mol. The molecule has 1 N–H and O–H groups in total. The van der Waals surface area contributed by atoms with Gasteiger partial charge in [0.15, 0.2) is 5.82 Å². The molecular weight excluding hydrogens is 392 g/mol. The van der Waals surface area contributed by atoms with Crippen molar-refractivity contribution in [3.8, 4) is 0 Å². The van der Waals surface area contributed by atoms with E-state index in [1.807, 2.05) is 13.8 Å². The van der Waals surface area contributed by atoms with Crippen molar-refractivity contribution in [2.75, 3.05) is 13.1 Å². The van der Waals surface area contributed by atoms with E-state index >= 15 is 0 Å². The van der Waals surface area contributed by atoms with Gasteiger partial charge in [-0.1, -0.05) is 37.2 Å². The first kappa shape index (κ1) is 21.4. The molecular formula is C20H28N4O4S. The fourth-order valence-corrected chi connectivity index (χ4v) is 4.61. The maximum absolute atomic E-state index is 12.4. The van der Waals surface area contributed by atoms with Gasteiger partial charge in [0.1, 0.15) is 0 Å². The van der Waals surface area contributed by atoms with Crippen LogP contribution in [0.3, 0.4) is 0 Å². The molecule has 1 amide bonds. The van der Waals surface area contributed by atoms with Crippen molar-refractivity contribution in [2.45, 2.75) is 62.8 Å². The first-order valence-corrected chi connectivity index (χ1v) is 11.5. The number of sulfonamides is 1. The molecule has 0 atom stereocenters. The Balaban J connectivity index is 1.41. The number of hydrogen-bond donors (Lipinski definition) is 1. The zero-order chi connectivity index (χ0) is 20.9. The zero-order valence-corrected chi connectivity index (χ0v) is 17.7. The van der Waals surface area contributed by atoms with E-state index in [1.54, 1.807) is 35.2 Å². The molecule has 2 aromatic rings. The van der Waals surface area contributed by atoms with Gasteiger partial charge in [0, 0.05) is 37.9 Å². The number of aryl methyl sites for hydroxylation is 1. The minimum absolute atomic E-state index is 0.0814. The molecule has 8 nitrogen and oxygen atoms in total. The Morgan fingerprint density at radius 2 is 1.93 bits per heavy atom. The molecule has 158 valence electrons. The molecule has 0 unspecified atom stereocenters. The Hall–Kier alpha value is -2.26. The molecule has 0 aliphatic carbocycles. The Kier molecular flexibility index (Phi) is 7.02. The lowest BCUT2D eigenvalue weighted by molar-refractivity contribution is -0.132. The molecule has 0 radical (unpaired) electrons. The molecule has 1 aromatic carbocycles. The molecule has 1 saturated heterocycles. The summed E-state index contributed by atoms with van der Waals surface area (Å²) in [5.41, 5.74) is 0. The first-order chi connectivity index (χ1) is 13.8. The molecule has 3 rings (SSSR count). The summed E-state index contributed by atoms with van der Waals surface area (Å²) in [4.78, 5) is 18.8. The highest BCUT2D eigenvalue weighted by Crippen LogP contribution is 2.17. The number of aromatic nitrogens is 2. The third kappa shape index (κ3) is 5.86. The topological polar surface area (TPSA) is 105 Å². The maximum atomic E-state index is 12.4. The third-order valence-corrected chi connectivity index (χ3v) is 6.54. The normalized spacial score (nSPS) is 15.8. The third-order valence-electron chi connectivity index (χ3n) is 5.00. The summed E-state index contributed by atoms with van der Waals surface area (Å²) in [6.07, 6.45) is 2.87. The van der Waals surface area contributed by atoms with E-state index in [4.69, 9.17) is 4.52 Å². The van der Waals surface area contributed by atoms with Crippen molar-refractivity contribution < 1.29 is 17.7 Å². The summed E-state index contributed by atoms with van der Waals surface area (Å²) in [5.74, 6) is 1.55. The summed E-state index contributed by atoms with van der Waals surface area (Å²) >= 11 is 0. The van der Waals surface area contributed by atoms with Crippen LogP contribution in [0.5, 0.6) is 0 Å². The summed E-state index contributed by atoms with van der Waals surface area (Å²) in [6.45, 7) is 5.11. The van der Waals surface area contributed by atoms with Gasteiger partial charge in [-0.3, -0.25) is 4.79 Å². The van der Waals surface area contributed by atoms with Gasteiger partial charge in [0.25, 0.3) is 0 Å². The smallest absolute Gasteiger partial charge is 0.240 e. The quantitative estimate of drug-likeness (QED) is 0.703. The zero-order valence-electron chi connectivity index (χ0n) is 16.9. The number of piperidine rings is 1. The van der Waals surface area contributed by atoms with E-state index < -0.39 is 10.0 Å². The molecule has 1 fully saturated rings. The summed E-state index contributed by atoms with van der Waals surface area (Å²) in [5, 5.41) is 3.93. The van der Waals surface area contributed by atoms with Crippen LogP contribution >= 0.6 is 0 Å². The van der Waals surface area contributed by atoms with Gasteiger partial charge in [-0.05, 0) is 31.4 Å². The van der Waals surface area contributed by atoms with Crippen LogP contribution in [0.4, 0.5) is 0 Å². The first-order valence-electron chi connectivity index (χ1n) is 10.0. The molecule has 1 aliphatic heterocycles. The molecule has 1 aliphatic rings. The van der Waals surface area contributed by atoms with Crippen molar-refractivity contribution in [3.63, 3.8) is 0 Å². The van der Waals surface area contributed by atoms with Crippen LogP contribution in [-0.4, -0.2) is 48.5 Å². The number of nitrogens with zero attached hydrogens (tertiary/aromatic N) is 3. The lowest BCUT2D eigenvalue weighted by Crippen LogP contribution is -2.46. The van der Waals surface area contributed by atoms with Gasteiger partial charge in [0.05, 0.1) is 4.90 Å². The van der Waals surface area contributed by atoms with Gasteiger partial charge in [-0.25, -0.2) is 13.1 Å². The lowest BCUT2D eigenvalue weighted by atomic mass is 10.1. The van der Waals surface area contributed by atoms with E-state index in [-0.39, 0.29) is 22.8 Å². The number of carbonyl (C=O) groups excluding carboxylic acids is 1. The van der Waals surface area contributed by atoms with Crippen molar-refractivity contribution in [1.29, 1.82) is 0 Å². The summed E-state index contributed by atoms with van der Waals surface area (Å²) in [6, 6.07) is 8.19. The van der Waals surface area contributed by atoms with Crippen molar-refractivity contribution in [2.24, 2.45) is 0 Å². The van der Waals surface area contributed by atoms with Gasteiger partial charge < -0.3 is 9.42 Å². The van der Waals surface area contributed by atoms with Gasteiger partial charge in [0.2, 0.25) is 21.8 Å². The number of carbonyl (C=O) groups is 1. The minimum atomic E-state index is -3.52. The van der Waals surface area contributed by atoms with E-state index in [9.17, 15) is 13.2 Å². The average Bonchev–Trinajstić information content (AvgIpc) is 3.18. The van der Waals surface area contributed by atoms with Gasteiger partial charge in [-0.2, -0.15) is 4.98 Å². The number of nitrogens with one attached hydrogen (secondary N) is 1. The fourth-order valence-electron chi connectivity index (χ4n) is 3.29. The van der Waals surface area contributed by atoms with E-state index in [0.717, 1.165) is 0 Å². The van der Waals surface area contributed by atoms with Crippen molar-refractivity contribution in [3.05, 3.63) is 42.0 Å². The van der Waals surface area contributed by atoms with E-state index in [0.29, 0.717) is 56.9 Å². The van der Waals surface area contributed by atoms with Crippen LogP contribution in [0.1, 0.15) is 57.2 Å². The standard InChI is InChI=1S/C20H28N4O4S/c1-15(2)20-21-18(28-22-20)9-6-10-19(25)24-13-11-16(12-14-24)23-29(26,27)17-7-4-3-5-8-17/h3-5,7-8,15-16,23H,6,9-14H2,1-2H3. The SMILES string of the molecule is CC(C)c1noc(CCCC(=O)N2CCC(NS(=O)(=O)c3ccccc3)CC2)n1. The average molecular weight is 421 g/mol. The Morgan fingerprint density at radius 3 is 2.55 bits per heavy atom. The lowest BCUT2D eigenvalue weighted by Gasteiger charge is -2.32. The summed E-state index contributed by atoms with van der Waals surface area (Å²) < 4.78 is 32.8. The number of benzene rings is 1. The molecule has 29 heavy (non-hydrogen) atoms. The Morgan fingerprint density at radius 1 is 1.24 bits per heavy atom. The second kappa shape index (κ2) is 9.49. The minimum Gasteiger partial charge on any atom is -0.343 e. The highest BCUT2D eigenvalue weighted by molar-refractivity contribution is 7.89. The molecule has 0 spiro atoms. The summed E-state index contributed by atoms with van der Waals surface area (Å²) in [7, 11) is -3.52. The Bertz CT molecular complexity index is 904. The van der Waals surface area contributed by atoms with Crippen molar-refractivity contribution in [1.82, 2.24) is 19.8 Å². The number of rotatable bonds is 8. The van der Waals surface area contributed by atoms with Crippen LogP contribution in [0.2, 0.25) is 0 Å². The second-order valence-electron chi connectivity index (χ2n) is 7.64. The highest BCUT2D eigenvalue weighted by Gasteiger charge is 2.26. The number of hydrogen-bond acceptors (Lipinski definition) is 6. The van der Waals surface area contributed by atoms with Crippen LogP contribution in [0.15, 0.2) is 39.8 Å². The molecule has 9 heteroatoms. The number of amides is 1. The maximum Gasteiger partial charge on any atom is 0.240 e. The van der Waals surface area contributed by atoms with E-state index in [1.165, 1.54) is 0 Å². The molecule has 1 aromatic heterocycles. The van der Waals surface area contributed by atoms with Crippen LogP contribution in [-0.2, 0) is 21.2 Å². The number of likely N-dealkylation sites (tertiary alicyclic amines) is 1. The predicted octanol–water partition coefficient (Wildman–Crippen LogP) is 2.49. The molecule has 0 bridgehead atoms. The van der Waals surface area contributed by atoms with Crippen LogP contribution in [0.25, 0.3) is 0 Å². The van der Waals surface area contributed by atoms with Gasteiger partial charge in [-0.15, -0.1) is 0 Å². The van der Waals surface area contributed by atoms with Crippen LogP contribution < -0.4 is 4.72 Å². The fraction of sp³-hybridized carbons (Fsp3) is 0.550. The van der Waals surface area contributed by atoms with Gasteiger partial charge >= 0.3 is 0 Å². The highest BCUT2D eigenvalue weighted by atomic mass is 32.2. The second-order valence-corrected chi connectivity index (χ2v) is 9.36. The largest absolute Gasteiger partial charge is 0.343 e.